The first kappa shape index (κ1) is 19.1. The van der Waals surface area contributed by atoms with E-state index < -0.39 is 0 Å². The zero-order valence-corrected chi connectivity index (χ0v) is 17.6. The van der Waals surface area contributed by atoms with Crippen LogP contribution >= 0.6 is 11.8 Å². The maximum Gasteiger partial charge on any atom is 0.230 e. The lowest BCUT2D eigenvalue weighted by Gasteiger charge is -2.28. The lowest BCUT2D eigenvalue weighted by Crippen LogP contribution is -2.46. The number of carbonyl (C=O) groups is 2. The van der Waals surface area contributed by atoms with E-state index in [0.29, 0.717) is 47.0 Å². The molecule has 2 N–H and O–H groups in total. The van der Waals surface area contributed by atoms with Crippen LogP contribution in [-0.2, 0) is 16.0 Å². The Morgan fingerprint density at radius 1 is 1.00 bits per heavy atom. The molecule has 32 heavy (non-hydrogen) atoms. The van der Waals surface area contributed by atoms with Gasteiger partial charge in [0.25, 0.3) is 0 Å². The number of benzene rings is 1. The molecule has 3 aliphatic rings. The van der Waals surface area contributed by atoms with Gasteiger partial charge in [0.1, 0.15) is 16.9 Å². The zero-order chi connectivity index (χ0) is 21.7. The Kier molecular flexibility index (Phi) is 4.46. The van der Waals surface area contributed by atoms with Crippen molar-refractivity contribution < 1.29 is 9.59 Å². The summed E-state index contributed by atoms with van der Waals surface area (Å²) in [5.74, 6) is 0.930. The van der Waals surface area contributed by atoms with Crippen LogP contribution < -0.4 is 10.6 Å². The number of pyridine rings is 1. The van der Waals surface area contributed by atoms with Crippen LogP contribution in [0.2, 0.25) is 0 Å². The Bertz CT molecular complexity index is 1350. The van der Waals surface area contributed by atoms with Gasteiger partial charge in [-0.05, 0) is 30.2 Å². The summed E-state index contributed by atoms with van der Waals surface area (Å²) in [6, 6.07) is 9.37. The largest absolute Gasteiger partial charge is 0.346 e. The van der Waals surface area contributed by atoms with Gasteiger partial charge in [0.15, 0.2) is 0 Å². The Hall–Kier alpha value is -3.66. The van der Waals surface area contributed by atoms with Crippen LogP contribution in [0.15, 0.2) is 52.8 Å². The Morgan fingerprint density at radius 2 is 1.94 bits per heavy atom. The predicted molar refractivity (Wildman–Crippen MR) is 121 cm³/mol. The molecule has 9 nitrogen and oxygen atoms in total. The highest BCUT2D eigenvalue weighted by atomic mass is 32.2. The number of thioether (sulfide) groups is 1. The van der Waals surface area contributed by atoms with E-state index in [9.17, 15) is 9.59 Å². The summed E-state index contributed by atoms with van der Waals surface area (Å²) in [6.07, 6.45) is 4.75. The molecular weight excluding hydrogens is 426 g/mol. The van der Waals surface area contributed by atoms with Crippen molar-refractivity contribution in [2.75, 3.05) is 11.1 Å². The van der Waals surface area contributed by atoms with Crippen molar-refractivity contribution >= 4 is 46.1 Å². The van der Waals surface area contributed by atoms with E-state index in [-0.39, 0.29) is 23.2 Å². The number of rotatable bonds is 2. The summed E-state index contributed by atoms with van der Waals surface area (Å²) in [5, 5.41) is 14.5. The lowest BCUT2D eigenvalue weighted by atomic mass is 10.1. The molecule has 3 aromatic rings. The van der Waals surface area contributed by atoms with Gasteiger partial charge in [-0.3, -0.25) is 14.6 Å². The molecule has 158 valence electrons. The topological polar surface area (TPSA) is 122 Å². The minimum absolute atomic E-state index is 0.00507. The van der Waals surface area contributed by atoms with Gasteiger partial charge in [-0.15, -0.1) is 11.8 Å². The fraction of sp³-hybridized carbons (Fsp3) is 0.227. The second kappa shape index (κ2) is 7.49. The molecule has 1 saturated heterocycles. The van der Waals surface area contributed by atoms with E-state index in [4.69, 9.17) is 4.98 Å². The number of carbonyl (C=O) groups excluding carboxylic acids is 2. The monoisotopic (exact) mass is 443 g/mol. The van der Waals surface area contributed by atoms with Crippen LogP contribution in [-0.4, -0.2) is 43.9 Å². The van der Waals surface area contributed by atoms with Crippen LogP contribution in [0.5, 0.6) is 0 Å². The summed E-state index contributed by atoms with van der Waals surface area (Å²) in [6.45, 7) is 0. The molecule has 6 rings (SSSR count). The molecule has 2 unspecified atom stereocenters. The SMILES string of the molecule is O=C1CCc2ccc(-c3cnc4cccc(C5=CC6NC(=O)CSC6N=N5)c4n3)nc2N1. The maximum absolute atomic E-state index is 11.8. The lowest BCUT2D eigenvalue weighted by molar-refractivity contribution is -0.119. The average molecular weight is 443 g/mol. The Morgan fingerprint density at radius 3 is 2.88 bits per heavy atom. The van der Waals surface area contributed by atoms with Crippen LogP contribution in [0.3, 0.4) is 0 Å². The maximum atomic E-state index is 11.8. The van der Waals surface area contributed by atoms with Gasteiger partial charge in [0, 0.05) is 12.0 Å². The Labute approximate surface area is 186 Å². The molecule has 3 aliphatic heterocycles. The first-order valence-electron chi connectivity index (χ1n) is 10.2. The minimum Gasteiger partial charge on any atom is -0.346 e. The number of para-hydroxylation sites is 1. The highest BCUT2D eigenvalue weighted by Gasteiger charge is 2.31. The summed E-state index contributed by atoms with van der Waals surface area (Å²) >= 11 is 1.48. The number of amides is 2. The number of aromatic nitrogens is 3. The standard InChI is InChI=1S/C22H17N7O2S/c30-18-7-5-11-4-6-13(26-21(11)27-18)17-9-23-14-3-1-2-12(20(14)25-17)15-8-16-22(29-28-15)32-10-19(31)24-16/h1-4,6,8-9,16,22H,5,7,10H2,(H,24,31)(H,26,27,30). The fourth-order valence-corrected chi connectivity index (χ4v) is 4.88. The Balaban J connectivity index is 1.42. The molecule has 1 aromatic carbocycles. The van der Waals surface area contributed by atoms with Crippen molar-refractivity contribution in [1.29, 1.82) is 0 Å². The van der Waals surface area contributed by atoms with Crippen molar-refractivity contribution in [2.24, 2.45) is 10.2 Å². The molecular formula is C22H17N7O2S. The van der Waals surface area contributed by atoms with Crippen LogP contribution in [0.25, 0.3) is 28.1 Å². The van der Waals surface area contributed by atoms with E-state index in [2.05, 4.69) is 30.8 Å². The molecule has 5 heterocycles. The van der Waals surface area contributed by atoms with E-state index >= 15 is 0 Å². The van der Waals surface area contributed by atoms with Gasteiger partial charge in [0.05, 0.1) is 40.4 Å². The number of hydrogen-bond acceptors (Lipinski definition) is 8. The average Bonchev–Trinajstić information content (AvgIpc) is 2.82. The number of aryl methyl sites for hydroxylation is 1. The molecule has 2 atom stereocenters. The third kappa shape index (κ3) is 3.32. The van der Waals surface area contributed by atoms with Crippen molar-refractivity contribution in [2.45, 2.75) is 24.3 Å². The van der Waals surface area contributed by atoms with Gasteiger partial charge in [0.2, 0.25) is 11.8 Å². The van der Waals surface area contributed by atoms with Crippen LogP contribution in [0, 0.1) is 0 Å². The molecule has 2 amide bonds. The number of fused-ring (bicyclic) bond motifs is 3. The van der Waals surface area contributed by atoms with E-state index in [1.165, 1.54) is 11.8 Å². The van der Waals surface area contributed by atoms with Gasteiger partial charge in [-0.25, -0.2) is 9.97 Å². The van der Waals surface area contributed by atoms with Gasteiger partial charge in [-0.1, -0.05) is 18.2 Å². The van der Waals surface area contributed by atoms with Crippen molar-refractivity contribution in [3.8, 4) is 11.4 Å². The molecule has 0 radical (unpaired) electrons. The van der Waals surface area contributed by atoms with Gasteiger partial charge in [-0.2, -0.15) is 10.2 Å². The third-order valence-electron chi connectivity index (χ3n) is 5.61. The smallest absolute Gasteiger partial charge is 0.230 e. The van der Waals surface area contributed by atoms with Crippen LogP contribution in [0.1, 0.15) is 17.5 Å². The van der Waals surface area contributed by atoms with Crippen molar-refractivity contribution in [1.82, 2.24) is 20.3 Å². The molecule has 0 aliphatic carbocycles. The van der Waals surface area contributed by atoms with Crippen molar-refractivity contribution in [3.63, 3.8) is 0 Å². The number of azo groups is 1. The normalized spacial score (nSPS) is 21.9. The second-order valence-electron chi connectivity index (χ2n) is 7.74. The van der Waals surface area contributed by atoms with Crippen molar-refractivity contribution in [3.05, 3.63) is 53.7 Å². The summed E-state index contributed by atoms with van der Waals surface area (Å²) in [7, 11) is 0. The van der Waals surface area contributed by atoms with E-state index in [0.717, 1.165) is 16.6 Å². The molecule has 0 saturated carbocycles. The second-order valence-corrected chi connectivity index (χ2v) is 8.85. The minimum atomic E-state index is -0.203. The fourth-order valence-electron chi connectivity index (χ4n) is 4.01. The first-order chi connectivity index (χ1) is 15.6. The summed E-state index contributed by atoms with van der Waals surface area (Å²) < 4.78 is 0. The quantitative estimate of drug-likeness (QED) is 0.628. The highest BCUT2D eigenvalue weighted by molar-refractivity contribution is 8.00. The summed E-state index contributed by atoms with van der Waals surface area (Å²) in [4.78, 5) is 37.6. The predicted octanol–water partition coefficient (Wildman–Crippen LogP) is 2.94. The zero-order valence-electron chi connectivity index (χ0n) is 16.8. The van der Waals surface area contributed by atoms with E-state index in [1.807, 2.05) is 36.4 Å². The number of nitrogens with zero attached hydrogens (tertiary/aromatic N) is 5. The molecule has 1 fully saturated rings. The highest BCUT2D eigenvalue weighted by Crippen LogP contribution is 2.33. The third-order valence-corrected chi connectivity index (χ3v) is 6.76. The van der Waals surface area contributed by atoms with E-state index in [1.54, 1.807) is 6.20 Å². The van der Waals surface area contributed by atoms with Crippen LogP contribution in [0.4, 0.5) is 5.82 Å². The van der Waals surface area contributed by atoms with Gasteiger partial charge < -0.3 is 10.6 Å². The molecule has 10 heteroatoms. The number of anilines is 1. The molecule has 0 bridgehead atoms. The molecule has 0 spiro atoms. The summed E-state index contributed by atoms with van der Waals surface area (Å²) in [5.41, 5.74) is 5.07. The van der Waals surface area contributed by atoms with Gasteiger partial charge >= 0.3 is 0 Å². The number of hydrogen-bond donors (Lipinski definition) is 2. The number of nitrogens with one attached hydrogen (secondary N) is 2. The first-order valence-corrected chi connectivity index (χ1v) is 11.3. The molecule has 2 aromatic heterocycles.